The van der Waals surface area contributed by atoms with E-state index in [-0.39, 0.29) is 0 Å². The Morgan fingerprint density at radius 2 is 2.40 bits per heavy atom. The summed E-state index contributed by atoms with van der Waals surface area (Å²) in [5, 5.41) is 0. The highest BCUT2D eigenvalue weighted by Gasteiger charge is 1.99. The maximum absolute atomic E-state index is 10.2. The first kappa shape index (κ1) is 6.86. The van der Waals surface area contributed by atoms with Crippen LogP contribution in [-0.4, -0.2) is 18.0 Å². The lowest BCUT2D eigenvalue weighted by molar-refractivity contribution is 0.112. The zero-order chi connectivity index (χ0) is 7.56. The molecule has 0 saturated carbocycles. The van der Waals surface area contributed by atoms with Crippen molar-refractivity contribution in [3.8, 4) is 5.88 Å². The van der Waals surface area contributed by atoms with Crippen LogP contribution in [0.15, 0.2) is 12.3 Å². The van der Waals surface area contributed by atoms with Gasteiger partial charge in [-0.3, -0.25) is 4.79 Å². The minimum absolute atomic E-state index is 0.638. The minimum atomic E-state index is 0.638. The SMILES string of the molecule is COc1cc(C=O)cn1C. The van der Waals surface area contributed by atoms with Gasteiger partial charge in [-0.15, -0.1) is 0 Å². The van der Waals surface area contributed by atoms with Crippen molar-refractivity contribution in [3.05, 3.63) is 17.8 Å². The zero-order valence-corrected chi connectivity index (χ0v) is 6.00. The van der Waals surface area contributed by atoms with E-state index in [9.17, 15) is 4.79 Å². The zero-order valence-electron chi connectivity index (χ0n) is 6.00. The Hall–Kier alpha value is -1.25. The molecule has 10 heavy (non-hydrogen) atoms. The smallest absolute Gasteiger partial charge is 0.193 e. The first-order valence-corrected chi connectivity index (χ1v) is 2.93. The fourth-order valence-electron chi connectivity index (χ4n) is 0.836. The molecule has 1 rings (SSSR count). The number of hydrogen-bond donors (Lipinski definition) is 0. The standard InChI is InChI=1S/C7H9NO2/c1-8-4-6(5-9)3-7(8)10-2/h3-5H,1-2H3. The molecule has 1 aromatic rings. The number of aldehydes is 1. The molecule has 0 fully saturated rings. The molecule has 0 N–H and O–H groups in total. The van der Waals surface area contributed by atoms with Crippen LogP contribution in [0.4, 0.5) is 0 Å². The Bertz CT molecular complexity index is 240. The Balaban J connectivity index is 3.03. The number of hydrogen-bond acceptors (Lipinski definition) is 2. The molecule has 3 nitrogen and oxygen atoms in total. The van der Waals surface area contributed by atoms with Crippen molar-refractivity contribution in [1.82, 2.24) is 4.57 Å². The largest absolute Gasteiger partial charge is 0.482 e. The number of rotatable bonds is 2. The molecule has 0 aromatic carbocycles. The van der Waals surface area contributed by atoms with E-state index in [0.29, 0.717) is 11.4 Å². The predicted octanol–water partition coefficient (Wildman–Crippen LogP) is 0.846. The summed E-state index contributed by atoms with van der Waals surface area (Å²) in [6, 6.07) is 1.69. The Labute approximate surface area is 59.2 Å². The van der Waals surface area contributed by atoms with E-state index in [1.807, 2.05) is 7.05 Å². The molecule has 0 aliphatic carbocycles. The third-order valence-corrected chi connectivity index (χ3v) is 1.33. The maximum Gasteiger partial charge on any atom is 0.193 e. The van der Waals surface area contributed by atoms with Gasteiger partial charge in [0.2, 0.25) is 0 Å². The molecule has 0 spiro atoms. The lowest BCUT2D eigenvalue weighted by Gasteiger charge is -1.97. The number of aromatic nitrogens is 1. The summed E-state index contributed by atoms with van der Waals surface area (Å²) in [5.41, 5.74) is 0.638. The van der Waals surface area contributed by atoms with Crippen LogP contribution in [-0.2, 0) is 7.05 Å². The van der Waals surface area contributed by atoms with Gasteiger partial charge in [0.15, 0.2) is 12.2 Å². The monoisotopic (exact) mass is 139 g/mol. The topological polar surface area (TPSA) is 31.2 Å². The molecular formula is C7H9NO2. The van der Waals surface area contributed by atoms with E-state index in [1.54, 1.807) is 23.9 Å². The summed E-state index contributed by atoms with van der Waals surface area (Å²) in [6.45, 7) is 0. The number of aryl methyl sites for hydroxylation is 1. The second-order valence-corrected chi connectivity index (χ2v) is 2.04. The number of ether oxygens (including phenoxy) is 1. The first-order valence-electron chi connectivity index (χ1n) is 2.93. The highest BCUT2D eigenvalue weighted by molar-refractivity contribution is 5.75. The Morgan fingerprint density at radius 3 is 2.70 bits per heavy atom. The van der Waals surface area contributed by atoms with E-state index in [0.717, 1.165) is 6.29 Å². The van der Waals surface area contributed by atoms with Gasteiger partial charge in [-0.25, -0.2) is 0 Å². The van der Waals surface area contributed by atoms with E-state index in [2.05, 4.69) is 0 Å². The van der Waals surface area contributed by atoms with Crippen LogP contribution in [0, 0.1) is 0 Å². The number of carbonyl (C=O) groups is 1. The second kappa shape index (κ2) is 2.56. The van der Waals surface area contributed by atoms with Crippen molar-refractivity contribution in [1.29, 1.82) is 0 Å². The van der Waals surface area contributed by atoms with Gasteiger partial charge in [0.1, 0.15) is 0 Å². The normalized spacial score (nSPS) is 9.40. The van der Waals surface area contributed by atoms with Crippen LogP contribution in [0.2, 0.25) is 0 Å². The number of methoxy groups -OCH3 is 1. The summed E-state index contributed by atoms with van der Waals surface area (Å²) >= 11 is 0. The fourth-order valence-corrected chi connectivity index (χ4v) is 0.836. The molecule has 0 bridgehead atoms. The molecule has 0 aliphatic rings. The average molecular weight is 139 g/mol. The third-order valence-electron chi connectivity index (χ3n) is 1.33. The Morgan fingerprint density at radius 1 is 1.70 bits per heavy atom. The summed E-state index contributed by atoms with van der Waals surface area (Å²) in [5.74, 6) is 0.696. The fraction of sp³-hybridized carbons (Fsp3) is 0.286. The van der Waals surface area contributed by atoms with Crippen LogP contribution in [0.25, 0.3) is 0 Å². The lowest BCUT2D eigenvalue weighted by atomic mass is 10.4. The number of carbonyl (C=O) groups excluding carboxylic acids is 1. The molecular weight excluding hydrogens is 130 g/mol. The van der Waals surface area contributed by atoms with Crippen molar-refractivity contribution in [2.24, 2.45) is 7.05 Å². The Kier molecular flexibility index (Phi) is 1.76. The van der Waals surface area contributed by atoms with E-state index in [1.165, 1.54) is 0 Å². The van der Waals surface area contributed by atoms with Crippen LogP contribution < -0.4 is 4.74 Å². The van der Waals surface area contributed by atoms with Gasteiger partial charge in [0, 0.05) is 24.9 Å². The molecule has 3 heteroatoms. The van der Waals surface area contributed by atoms with Crippen LogP contribution >= 0.6 is 0 Å². The summed E-state index contributed by atoms with van der Waals surface area (Å²) in [4.78, 5) is 10.2. The van der Waals surface area contributed by atoms with E-state index >= 15 is 0 Å². The van der Waals surface area contributed by atoms with Crippen molar-refractivity contribution >= 4 is 6.29 Å². The minimum Gasteiger partial charge on any atom is -0.482 e. The first-order chi connectivity index (χ1) is 4.77. The number of nitrogens with zero attached hydrogens (tertiary/aromatic N) is 1. The molecule has 0 saturated heterocycles. The van der Waals surface area contributed by atoms with Gasteiger partial charge in [-0.1, -0.05) is 0 Å². The highest BCUT2D eigenvalue weighted by atomic mass is 16.5. The average Bonchev–Trinajstić information content (AvgIpc) is 2.30. The molecule has 54 valence electrons. The van der Waals surface area contributed by atoms with Crippen LogP contribution in [0.1, 0.15) is 10.4 Å². The van der Waals surface area contributed by atoms with Gasteiger partial charge in [-0.2, -0.15) is 0 Å². The summed E-state index contributed by atoms with van der Waals surface area (Å²) in [6.07, 6.45) is 2.51. The van der Waals surface area contributed by atoms with Crippen LogP contribution in [0.5, 0.6) is 5.88 Å². The van der Waals surface area contributed by atoms with Crippen molar-refractivity contribution in [3.63, 3.8) is 0 Å². The molecule has 0 radical (unpaired) electrons. The molecule has 0 aliphatic heterocycles. The molecule has 0 unspecified atom stereocenters. The summed E-state index contributed by atoms with van der Waals surface area (Å²) in [7, 11) is 3.40. The highest BCUT2D eigenvalue weighted by Crippen LogP contribution is 2.12. The van der Waals surface area contributed by atoms with Crippen molar-refractivity contribution in [2.75, 3.05) is 7.11 Å². The van der Waals surface area contributed by atoms with Gasteiger partial charge in [0.05, 0.1) is 7.11 Å². The van der Waals surface area contributed by atoms with Crippen molar-refractivity contribution < 1.29 is 9.53 Å². The van der Waals surface area contributed by atoms with Crippen LogP contribution in [0.3, 0.4) is 0 Å². The van der Waals surface area contributed by atoms with Gasteiger partial charge in [0.25, 0.3) is 0 Å². The predicted molar refractivity (Wildman–Crippen MR) is 37.4 cm³/mol. The summed E-state index contributed by atoms with van der Waals surface area (Å²) < 4.78 is 6.69. The molecule has 1 heterocycles. The molecule has 0 amide bonds. The van der Waals surface area contributed by atoms with Gasteiger partial charge >= 0.3 is 0 Å². The second-order valence-electron chi connectivity index (χ2n) is 2.04. The third kappa shape index (κ3) is 1.03. The van der Waals surface area contributed by atoms with Gasteiger partial charge < -0.3 is 9.30 Å². The molecule has 1 aromatic heterocycles. The van der Waals surface area contributed by atoms with E-state index in [4.69, 9.17) is 4.74 Å². The lowest BCUT2D eigenvalue weighted by Crippen LogP contribution is -1.90. The quantitative estimate of drug-likeness (QED) is 0.569. The maximum atomic E-state index is 10.2. The van der Waals surface area contributed by atoms with Crippen molar-refractivity contribution in [2.45, 2.75) is 0 Å². The van der Waals surface area contributed by atoms with Gasteiger partial charge in [-0.05, 0) is 0 Å². The van der Waals surface area contributed by atoms with E-state index < -0.39 is 0 Å². The molecule has 0 atom stereocenters.